The van der Waals surface area contributed by atoms with Crippen molar-refractivity contribution in [1.82, 2.24) is 15.1 Å². The Morgan fingerprint density at radius 3 is 2.43 bits per heavy atom. The number of fused-ring (bicyclic) bond motifs is 1. The molecular weight excluding hydrogens is 364 g/mol. The van der Waals surface area contributed by atoms with Gasteiger partial charge in [-0.25, -0.2) is 4.79 Å². The van der Waals surface area contributed by atoms with Crippen molar-refractivity contribution >= 4 is 23.5 Å². The second kappa shape index (κ2) is 8.05. The van der Waals surface area contributed by atoms with Crippen LogP contribution in [0.15, 0.2) is 18.2 Å². The molecule has 0 spiro atoms. The van der Waals surface area contributed by atoms with Gasteiger partial charge in [-0.3, -0.25) is 19.8 Å². The number of amides is 4. The number of nitrogens with one attached hydrogen (secondary N) is 2. The van der Waals surface area contributed by atoms with Gasteiger partial charge < -0.3 is 19.7 Å². The van der Waals surface area contributed by atoms with Crippen LogP contribution < -0.4 is 20.1 Å². The van der Waals surface area contributed by atoms with Gasteiger partial charge in [-0.05, 0) is 25.0 Å². The second-order valence-electron chi connectivity index (χ2n) is 7.24. The SMILES string of the molecule is O=C(CN1CCN(C(=O)C2CC2)CC1)NC(=O)Nc1ccc2c(c1)OCCO2. The van der Waals surface area contributed by atoms with Gasteiger partial charge in [-0.15, -0.1) is 0 Å². The van der Waals surface area contributed by atoms with E-state index in [9.17, 15) is 14.4 Å². The van der Waals surface area contributed by atoms with Crippen LogP contribution in [0.2, 0.25) is 0 Å². The molecule has 1 saturated heterocycles. The molecule has 0 unspecified atom stereocenters. The molecule has 1 aliphatic carbocycles. The van der Waals surface area contributed by atoms with E-state index < -0.39 is 6.03 Å². The van der Waals surface area contributed by atoms with E-state index in [1.807, 2.05) is 9.80 Å². The lowest BCUT2D eigenvalue weighted by Crippen LogP contribution is -2.52. The van der Waals surface area contributed by atoms with Gasteiger partial charge in [0, 0.05) is 43.9 Å². The first-order chi connectivity index (χ1) is 13.6. The minimum absolute atomic E-state index is 0.125. The van der Waals surface area contributed by atoms with E-state index in [0.717, 1.165) is 12.8 Å². The standard InChI is InChI=1S/C19H24N4O5/c24-17(12-22-5-7-23(8-6-22)18(25)13-1-2-13)21-19(26)20-14-3-4-15-16(11-14)28-10-9-27-15/h3-4,11,13H,1-2,5-10,12H2,(H2,20,21,24,26). The van der Waals surface area contributed by atoms with E-state index >= 15 is 0 Å². The van der Waals surface area contributed by atoms with Crippen molar-refractivity contribution in [3.8, 4) is 11.5 Å². The average Bonchev–Trinajstić information content (AvgIpc) is 3.53. The van der Waals surface area contributed by atoms with Gasteiger partial charge in [0.15, 0.2) is 11.5 Å². The second-order valence-corrected chi connectivity index (χ2v) is 7.24. The number of imide groups is 1. The molecule has 4 amide bonds. The number of benzene rings is 1. The predicted octanol–water partition coefficient (Wildman–Crippen LogP) is 0.660. The monoisotopic (exact) mass is 388 g/mol. The van der Waals surface area contributed by atoms with Crippen LogP contribution in [0, 0.1) is 5.92 Å². The summed E-state index contributed by atoms with van der Waals surface area (Å²) in [4.78, 5) is 40.1. The van der Waals surface area contributed by atoms with Crippen molar-refractivity contribution in [2.24, 2.45) is 5.92 Å². The lowest BCUT2D eigenvalue weighted by atomic mass is 10.2. The van der Waals surface area contributed by atoms with E-state index in [4.69, 9.17) is 9.47 Å². The fourth-order valence-electron chi connectivity index (χ4n) is 3.37. The molecule has 1 aromatic carbocycles. The Kier molecular flexibility index (Phi) is 5.34. The van der Waals surface area contributed by atoms with Gasteiger partial charge in [0.1, 0.15) is 13.2 Å². The maximum Gasteiger partial charge on any atom is 0.325 e. The first kappa shape index (κ1) is 18.5. The number of ether oxygens (including phenoxy) is 2. The maximum absolute atomic E-state index is 12.1. The number of hydrogen-bond acceptors (Lipinski definition) is 6. The van der Waals surface area contributed by atoms with Crippen LogP contribution >= 0.6 is 0 Å². The molecule has 1 aromatic rings. The highest BCUT2D eigenvalue weighted by molar-refractivity contribution is 6.01. The van der Waals surface area contributed by atoms with Crippen LogP contribution in [-0.2, 0) is 9.59 Å². The van der Waals surface area contributed by atoms with Crippen molar-refractivity contribution in [3.05, 3.63) is 18.2 Å². The smallest absolute Gasteiger partial charge is 0.325 e. The van der Waals surface area contributed by atoms with Crippen LogP contribution in [0.4, 0.5) is 10.5 Å². The number of rotatable bonds is 4. The Hall–Kier alpha value is -2.81. The molecular formula is C19H24N4O5. The Morgan fingerprint density at radius 1 is 1.00 bits per heavy atom. The quantitative estimate of drug-likeness (QED) is 0.786. The molecule has 0 radical (unpaired) electrons. The van der Waals surface area contributed by atoms with Crippen LogP contribution in [0.5, 0.6) is 11.5 Å². The first-order valence-electron chi connectivity index (χ1n) is 9.60. The van der Waals surface area contributed by atoms with Gasteiger partial charge in [-0.2, -0.15) is 0 Å². The van der Waals surface area contributed by atoms with Crippen molar-refractivity contribution in [3.63, 3.8) is 0 Å². The summed E-state index contributed by atoms with van der Waals surface area (Å²) >= 11 is 0. The van der Waals surface area contributed by atoms with E-state index in [-0.39, 0.29) is 24.3 Å². The van der Waals surface area contributed by atoms with Gasteiger partial charge in [0.05, 0.1) is 6.54 Å². The van der Waals surface area contributed by atoms with E-state index in [1.54, 1.807) is 18.2 Å². The zero-order valence-corrected chi connectivity index (χ0v) is 15.6. The maximum atomic E-state index is 12.1. The third-order valence-corrected chi connectivity index (χ3v) is 5.03. The molecule has 0 aromatic heterocycles. The minimum Gasteiger partial charge on any atom is -0.486 e. The van der Waals surface area contributed by atoms with Gasteiger partial charge in [0.25, 0.3) is 0 Å². The molecule has 2 aliphatic heterocycles. The van der Waals surface area contributed by atoms with E-state index in [2.05, 4.69) is 10.6 Å². The molecule has 9 heteroatoms. The molecule has 0 bridgehead atoms. The summed E-state index contributed by atoms with van der Waals surface area (Å²) in [6, 6.07) is 4.47. The third-order valence-electron chi connectivity index (χ3n) is 5.03. The Balaban J connectivity index is 1.20. The van der Waals surface area contributed by atoms with Gasteiger partial charge in [-0.1, -0.05) is 0 Å². The topological polar surface area (TPSA) is 100 Å². The number of urea groups is 1. The Labute approximate surface area is 162 Å². The van der Waals surface area contributed by atoms with Crippen molar-refractivity contribution in [1.29, 1.82) is 0 Å². The molecule has 2 fully saturated rings. The molecule has 4 rings (SSSR count). The van der Waals surface area contributed by atoms with Gasteiger partial charge in [0.2, 0.25) is 11.8 Å². The number of carbonyl (C=O) groups excluding carboxylic acids is 3. The number of nitrogens with zero attached hydrogens (tertiary/aromatic N) is 2. The van der Waals surface area contributed by atoms with E-state index in [0.29, 0.717) is 56.6 Å². The normalized spacial score (nSPS) is 19.1. The van der Waals surface area contributed by atoms with Crippen LogP contribution in [0.25, 0.3) is 0 Å². The number of anilines is 1. The highest BCUT2D eigenvalue weighted by Gasteiger charge is 2.34. The molecule has 2 heterocycles. The molecule has 150 valence electrons. The van der Waals surface area contributed by atoms with Crippen molar-refractivity contribution in [2.45, 2.75) is 12.8 Å². The highest BCUT2D eigenvalue weighted by atomic mass is 16.6. The van der Waals surface area contributed by atoms with Crippen LogP contribution in [-0.4, -0.2) is 73.6 Å². The number of carbonyl (C=O) groups is 3. The fraction of sp³-hybridized carbons (Fsp3) is 0.526. The minimum atomic E-state index is -0.593. The number of hydrogen-bond donors (Lipinski definition) is 2. The lowest BCUT2D eigenvalue weighted by Gasteiger charge is -2.34. The average molecular weight is 388 g/mol. The third kappa shape index (κ3) is 4.53. The summed E-state index contributed by atoms with van der Waals surface area (Å²) in [6.45, 7) is 3.61. The molecule has 28 heavy (non-hydrogen) atoms. The summed E-state index contributed by atoms with van der Waals surface area (Å²) in [5.74, 6) is 1.28. The van der Waals surface area contributed by atoms with Crippen LogP contribution in [0.1, 0.15) is 12.8 Å². The Bertz CT molecular complexity index is 772. The molecule has 3 aliphatic rings. The summed E-state index contributed by atoms with van der Waals surface area (Å²) < 4.78 is 10.9. The molecule has 0 atom stereocenters. The molecule has 1 saturated carbocycles. The predicted molar refractivity (Wildman–Crippen MR) is 100 cm³/mol. The zero-order valence-electron chi connectivity index (χ0n) is 15.6. The fourth-order valence-corrected chi connectivity index (χ4v) is 3.37. The largest absolute Gasteiger partial charge is 0.486 e. The Morgan fingerprint density at radius 2 is 1.71 bits per heavy atom. The van der Waals surface area contributed by atoms with Crippen molar-refractivity contribution < 1.29 is 23.9 Å². The van der Waals surface area contributed by atoms with Gasteiger partial charge >= 0.3 is 6.03 Å². The number of piperazine rings is 1. The summed E-state index contributed by atoms with van der Waals surface area (Å²) in [5.41, 5.74) is 0.516. The van der Waals surface area contributed by atoms with Crippen molar-refractivity contribution in [2.75, 3.05) is 51.3 Å². The molecule has 9 nitrogen and oxygen atoms in total. The lowest BCUT2D eigenvalue weighted by molar-refractivity contribution is -0.134. The highest BCUT2D eigenvalue weighted by Crippen LogP contribution is 2.32. The summed E-state index contributed by atoms with van der Waals surface area (Å²) in [5, 5.41) is 4.96. The summed E-state index contributed by atoms with van der Waals surface area (Å²) in [6.07, 6.45) is 2.00. The van der Waals surface area contributed by atoms with Crippen LogP contribution in [0.3, 0.4) is 0 Å². The summed E-state index contributed by atoms with van der Waals surface area (Å²) in [7, 11) is 0. The van der Waals surface area contributed by atoms with E-state index in [1.165, 1.54) is 0 Å². The zero-order chi connectivity index (χ0) is 19.5. The molecule has 2 N–H and O–H groups in total. The first-order valence-corrected chi connectivity index (χ1v) is 9.60.